The lowest BCUT2D eigenvalue weighted by atomic mass is 10.2. The van der Waals surface area contributed by atoms with Crippen LogP contribution in [0.3, 0.4) is 0 Å². The lowest BCUT2D eigenvalue weighted by molar-refractivity contribution is -0.274. The second kappa shape index (κ2) is 5.74. The molecule has 0 saturated carbocycles. The van der Waals surface area contributed by atoms with Gasteiger partial charge in [0.25, 0.3) is 10.0 Å². The maximum atomic E-state index is 12.0. The highest BCUT2D eigenvalue weighted by Crippen LogP contribution is 2.22. The predicted molar refractivity (Wildman–Crippen MR) is 65.7 cm³/mol. The van der Waals surface area contributed by atoms with Crippen LogP contribution in [0.5, 0.6) is 5.75 Å². The quantitative estimate of drug-likeness (QED) is 0.879. The number of aromatic nitrogens is 2. The molecule has 0 amide bonds. The third kappa shape index (κ3) is 4.46. The number of nitrogens with zero attached hydrogens (tertiary/aromatic N) is 1. The molecule has 21 heavy (non-hydrogen) atoms. The van der Waals surface area contributed by atoms with Gasteiger partial charge in [-0.3, -0.25) is 5.10 Å². The molecule has 0 aliphatic carbocycles. The highest BCUT2D eigenvalue weighted by molar-refractivity contribution is 7.89. The molecule has 0 aliphatic heterocycles. The minimum Gasteiger partial charge on any atom is -0.406 e. The lowest BCUT2D eigenvalue weighted by Crippen LogP contribution is -2.23. The molecule has 1 aromatic heterocycles. The highest BCUT2D eigenvalue weighted by Gasteiger charge is 2.30. The first-order chi connectivity index (χ1) is 9.76. The highest BCUT2D eigenvalue weighted by atomic mass is 32.2. The zero-order valence-electron chi connectivity index (χ0n) is 10.4. The van der Waals surface area contributed by atoms with Gasteiger partial charge in [0, 0.05) is 6.54 Å². The summed E-state index contributed by atoms with van der Waals surface area (Å²) in [5.74, 6) is -0.373. The molecular formula is C11H10F3N3O3S. The number of benzene rings is 1. The van der Waals surface area contributed by atoms with Gasteiger partial charge in [-0.1, -0.05) is 12.1 Å². The molecule has 10 heteroatoms. The van der Waals surface area contributed by atoms with E-state index < -0.39 is 16.4 Å². The topological polar surface area (TPSA) is 84.1 Å². The average Bonchev–Trinajstić information content (AvgIpc) is 2.91. The van der Waals surface area contributed by atoms with E-state index in [1.165, 1.54) is 24.4 Å². The predicted octanol–water partition coefficient (Wildman–Crippen LogP) is 1.79. The Bertz CT molecular complexity index is 682. The van der Waals surface area contributed by atoms with Gasteiger partial charge in [0.05, 0.1) is 6.20 Å². The molecular weight excluding hydrogens is 311 g/mol. The van der Waals surface area contributed by atoms with Crippen molar-refractivity contribution in [3.63, 3.8) is 0 Å². The van der Waals surface area contributed by atoms with E-state index in [1.54, 1.807) is 0 Å². The van der Waals surface area contributed by atoms with Crippen molar-refractivity contribution < 1.29 is 26.3 Å². The molecule has 2 aromatic rings. The van der Waals surface area contributed by atoms with Crippen LogP contribution in [-0.4, -0.2) is 25.0 Å². The van der Waals surface area contributed by atoms with Crippen LogP contribution in [-0.2, 0) is 16.6 Å². The van der Waals surface area contributed by atoms with E-state index in [4.69, 9.17) is 0 Å². The molecule has 0 unspecified atom stereocenters. The molecule has 0 fully saturated rings. The Balaban J connectivity index is 1.98. The SMILES string of the molecule is O=S(=O)(NCc1ccc(OC(F)(F)F)cc1)c1ccn[nH]1. The van der Waals surface area contributed by atoms with Crippen molar-refractivity contribution in [2.75, 3.05) is 0 Å². The smallest absolute Gasteiger partial charge is 0.406 e. The third-order valence-corrected chi connectivity index (χ3v) is 3.72. The number of H-pyrrole nitrogens is 1. The van der Waals surface area contributed by atoms with Crippen LogP contribution in [0.15, 0.2) is 41.6 Å². The Morgan fingerprint density at radius 3 is 2.38 bits per heavy atom. The lowest BCUT2D eigenvalue weighted by Gasteiger charge is -2.09. The molecule has 0 spiro atoms. The standard InChI is InChI=1S/C11H10F3N3O3S/c12-11(13,14)20-9-3-1-8(2-4-9)7-16-21(18,19)10-5-6-15-17-10/h1-6,16H,7H2,(H,15,17). The molecule has 6 nitrogen and oxygen atoms in total. The summed E-state index contributed by atoms with van der Waals surface area (Å²) < 4.78 is 65.5. The number of halogens is 3. The van der Waals surface area contributed by atoms with Gasteiger partial charge in [-0.2, -0.15) is 5.10 Å². The fourth-order valence-electron chi connectivity index (χ4n) is 1.46. The van der Waals surface area contributed by atoms with Crippen molar-refractivity contribution in [3.8, 4) is 5.75 Å². The Morgan fingerprint density at radius 2 is 1.86 bits per heavy atom. The molecule has 0 bridgehead atoms. The van der Waals surface area contributed by atoms with Gasteiger partial charge < -0.3 is 4.74 Å². The zero-order valence-corrected chi connectivity index (χ0v) is 11.2. The number of hydrogen-bond acceptors (Lipinski definition) is 4. The van der Waals surface area contributed by atoms with Gasteiger partial charge in [-0.05, 0) is 23.8 Å². The van der Waals surface area contributed by atoms with Gasteiger partial charge >= 0.3 is 6.36 Å². The van der Waals surface area contributed by atoms with E-state index in [0.717, 1.165) is 12.1 Å². The van der Waals surface area contributed by atoms with Crippen LogP contribution >= 0.6 is 0 Å². The monoisotopic (exact) mass is 321 g/mol. The summed E-state index contributed by atoms with van der Waals surface area (Å²) in [5, 5.41) is 5.73. The van der Waals surface area contributed by atoms with E-state index in [0.29, 0.717) is 5.56 Å². The Morgan fingerprint density at radius 1 is 1.19 bits per heavy atom. The molecule has 2 N–H and O–H groups in total. The summed E-state index contributed by atoms with van der Waals surface area (Å²) >= 11 is 0. The van der Waals surface area contributed by atoms with Crippen LogP contribution in [0.4, 0.5) is 13.2 Å². The van der Waals surface area contributed by atoms with E-state index in [2.05, 4.69) is 19.7 Å². The molecule has 2 rings (SSSR count). The van der Waals surface area contributed by atoms with Crippen molar-refractivity contribution in [3.05, 3.63) is 42.1 Å². The number of ether oxygens (including phenoxy) is 1. The van der Waals surface area contributed by atoms with Crippen LogP contribution in [0.2, 0.25) is 0 Å². The first kappa shape index (κ1) is 15.3. The average molecular weight is 321 g/mol. The van der Waals surface area contributed by atoms with Crippen molar-refractivity contribution in [1.29, 1.82) is 0 Å². The second-order valence-electron chi connectivity index (χ2n) is 3.94. The zero-order chi connectivity index (χ0) is 15.5. The summed E-state index contributed by atoms with van der Waals surface area (Å²) in [5.41, 5.74) is 0.479. The summed E-state index contributed by atoms with van der Waals surface area (Å²) in [4.78, 5) is 0. The Labute approximate surface area is 118 Å². The van der Waals surface area contributed by atoms with Crippen LogP contribution in [0, 0.1) is 0 Å². The van der Waals surface area contributed by atoms with Crippen LogP contribution in [0.1, 0.15) is 5.56 Å². The van der Waals surface area contributed by atoms with E-state index in [1.807, 2.05) is 0 Å². The fourth-order valence-corrected chi connectivity index (χ4v) is 2.38. The molecule has 114 valence electrons. The molecule has 0 aliphatic rings. The Hall–Kier alpha value is -2.07. The number of aromatic amines is 1. The summed E-state index contributed by atoms with van der Waals surface area (Å²) in [6.45, 7) is -0.0757. The van der Waals surface area contributed by atoms with Gasteiger partial charge in [-0.15, -0.1) is 13.2 Å². The maximum absolute atomic E-state index is 12.0. The molecule has 0 radical (unpaired) electrons. The summed E-state index contributed by atoms with van der Waals surface area (Å²) in [7, 11) is -3.73. The molecule has 0 saturated heterocycles. The van der Waals surface area contributed by atoms with Crippen molar-refractivity contribution in [1.82, 2.24) is 14.9 Å². The van der Waals surface area contributed by atoms with Gasteiger partial charge in [-0.25, -0.2) is 13.1 Å². The van der Waals surface area contributed by atoms with Gasteiger partial charge in [0.2, 0.25) is 0 Å². The first-order valence-electron chi connectivity index (χ1n) is 5.60. The maximum Gasteiger partial charge on any atom is 0.573 e. The van der Waals surface area contributed by atoms with Crippen molar-refractivity contribution in [2.24, 2.45) is 0 Å². The number of nitrogens with one attached hydrogen (secondary N) is 2. The third-order valence-electron chi connectivity index (χ3n) is 2.39. The van der Waals surface area contributed by atoms with Gasteiger partial charge in [0.1, 0.15) is 5.75 Å². The fraction of sp³-hybridized carbons (Fsp3) is 0.182. The minimum absolute atomic E-state index is 0.0757. The normalized spacial score (nSPS) is 12.3. The molecule has 1 heterocycles. The Kier molecular flexibility index (Phi) is 4.19. The number of alkyl halides is 3. The largest absolute Gasteiger partial charge is 0.573 e. The summed E-state index contributed by atoms with van der Waals surface area (Å²) in [6, 6.07) is 6.15. The molecule has 0 atom stereocenters. The summed E-state index contributed by atoms with van der Waals surface area (Å²) in [6.07, 6.45) is -3.47. The van der Waals surface area contributed by atoms with E-state index in [-0.39, 0.29) is 17.3 Å². The number of hydrogen-bond donors (Lipinski definition) is 2. The molecule has 1 aromatic carbocycles. The van der Waals surface area contributed by atoms with E-state index in [9.17, 15) is 21.6 Å². The van der Waals surface area contributed by atoms with Crippen LogP contribution < -0.4 is 9.46 Å². The van der Waals surface area contributed by atoms with E-state index >= 15 is 0 Å². The number of rotatable bonds is 5. The minimum atomic E-state index is -4.76. The number of sulfonamides is 1. The van der Waals surface area contributed by atoms with Crippen molar-refractivity contribution >= 4 is 10.0 Å². The second-order valence-corrected chi connectivity index (χ2v) is 5.67. The first-order valence-corrected chi connectivity index (χ1v) is 7.08. The van der Waals surface area contributed by atoms with Crippen molar-refractivity contribution in [2.45, 2.75) is 17.9 Å². The van der Waals surface area contributed by atoms with Gasteiger partial charge in [0.15, 0.2) is 5.03 Å². The van der Waals surface area contributed by atoms with Crippen LogP contribution in [0.25, 0.3) is 0 Å².